The van der Waals surface area contributed by atoms with Crippen LogP contribution in [0, 0.1) is 0 Å². The number of aliphatic hydroxyl groups is 1. The van der Waals surface area contributed by atoms with E-state index in [9.17, 15) is 14.7 Å². The van der Waals surface area contributed by atoms with E-state index in [1.807, 2.05) is 35.0 Å². The smallest absolute Gasteiger partial charge is 0.338 e. The van der Waals surface area contributed by atoms with Crippen LogP contribution in [0.4, 0.5) is 0 Å². The van der Waals surface area contributed by atoms with Gasteiger partial charge in [0, 0.05) is 42.8 Å². The normalized spacial score (nSPS) is 11.5. The Hall–Kier alpha value is -3.19. The van der Waals surface area contributed by atoms with Gasteiger partial charge in [0.25, 0.3) is 5.91 Å². The number of nitrogens with zero attached hydrogens (tertiary/aromatic N) is 2. The third-order valence-corrected chi connectivity index (χ3v) is 4.59. The van der Waals surface area contributed by atoms with E-state index in [2.05, 4.69) is 10.3 Å². The van der Waals surface area contributed by atoms with Gasteiger partial charge in [0.1, 0.15) is 11.3 Å². The Morgan fingerprint density at radius 1 is 1.20 bits per heavy atom. The minimum Gasteiger partial charge on any atom is -0.456 e. The molecule has 30 heavy (non-hydrogen) atoms. The van der Waals surface area contributed by atoms with Crippen LogP contribution in [-0.2, 0) is 17.7 Å². The first-order valence-electron chi connectivity index (χ1n) is 9.86. The molecule has 2 aromatic heterocycles. The van der Waals surface area contributed by atoms with Crippen molar-refractivity contribution in [1.29, 1.82) is 0 Å². The number of ether oxygens (including phenoxy) is 1. The summed E-state index contributed by atoms with van der Waals surface area (Å²) in [5.74, 6) is -0.863. The zero-order chi connectivity index (χ0) is 21.9. The minimum atomic E-state index is -0.644. The fourth-order valence-electron chi connectivity index (χ4n) is 3.32. The molecular formula is C23H27N3O4. The van der Waals surface area contributed by atoms with Crippen LogP contribution in [0.25, 0.3) is 10.9 Å². The standard InChI is InChI=1S/C23H27N3O4/c1-23(2,3)30-22(29)16-13-17(25-19(14-16)21(28)24-4)12-15-6-5-7-20-18(15)8-9-26(20)10-11-27/h5-9,13-14,27H,10-12H2,1-4H3,(H,24,28). The molecular weight excluding hydrogens is 382 g/mol. The van der Waals surface area contributed by atoms with E-state index in [1.54, 1.807) is 26.8 Å². The summed E-state index contributed by atoms with van der Waals surface area (Å²) in [6, 6.07) is 11.1. The van der Waals surface area contributed by atoms with Crippen LogP contribution in [0.3, 0.4) is 0 Å². The van der Waals surface area contributed by atoms with Gasteiger partial charge in [-0.25, -0.2) is 9.78 Å². The second-order valence-electron chi connectivity index (χ2n) is 8.07. The lowest BCUT2D eigenvalue weighted by Crippen LogP contribution is -2.25. The van der Waals surface area contributed by atoms with Gasteiger partial charge >= 0.3 is 5.97 Å². The average Bonchev–Trinajstić information content (AvgIpc) is 3.10. The van der Waals surface area contributed by atoms with E-state index in [4.69, 9.17) is 4.74 Å². The van der Waals surface area contributed by atoms with Crippen molar-refractivity contribution in [3.63, 3.8) is 0 Å². The molecule has 0 saturated heterocycles. The molecule has 0 atom stereocenters. The van der Waals surface area contributed by atoms with Gasteiger partial charge in [-0.2, -0.15) is 0 Å². The maximum atomic E-state index is 12.6. The molecule has 0 aliphatic carbocycles. The van der Waals surface area contributed by atoms with E-state index >= 15 is 0 Å². The highest BCUT2D eigenvalue weighted by atomic mass is 16.6. The van der Waals surface area contributed by atoms with Gasteiger partial charge in [-0.05, 0) is 50.6 Å². The number of fused-ring (bicyclic) bond motifs is 1. The van der Waals surface area contributed by atoms with Gasteiger partial charge in [-0.1, -0.05) is 12.1 Å². The molecule has 0 aliphatic rings. The van der Waals surface area contributed by atoms with Gasteiger partial charge in [-0.3, -0.25) is 4.79 Å². The zero-order valence-electron chi connectivity index (χ0n) is 17.7. The molecule has 7 heteroatoms. The third kappa shape index (κ3) is 4.86. The van der Waals surface area contributed by atoms with Crippen LogP contribution in [0.1, 0.15) is 52.9 Å². The summed E-state index contributed by atoms with van der Waals surface area (Å²) < 4.78 is 7.46. The molecule has 0 spiro atoms. The zero-order valence-corrected chi connectivity index (χ0v) is 17.7. The average molecular weight is 409 g/mol. The fraction of sp³-hybridized carbons (Fsp3) is 0.348. The van der Waals surface area contributed by atoms with Gasteiger partial charge in [0.05, 0.1) is 12.2 Å². The Labute approximate surface area is 175 Å². The van der Waals surface area contributed by atoms with Gasteiger partial charge in [0.15, 0.2) is 0 Å². The summed E-state index contributed by atoms with van der Waals surface area (Å²) >= 11 is 0. The molecule has 3 aromatic rings. The number of hydrogen-bond acceptors (Lipinski definition) is 5. The first-order chi connectivity index (χ1) is 14.2. The van der Waals surface area contributed by atoms with Gasteiger partial charge < -0.3 is 19.7 Å². The maximum absolute atomic E-state index is 12.6. The lowest BCUT2D eigenvalue weighted by atomic mass is 10.0. The number of hydrogen-bond donors (Lipinski definition) is 2. The first-order valence-corrected chi connectivity index (χ1v) is 9.86. The predicted octanol–water partition coefficient (Wildman–Crippen LogP) is 2.93. The van der Waals surface area contributed by atoms with Crippen LogP contribution in [0.15, 0.2) is 42.6 Å². The molecule has 1 amide bonds. The van der Waals surface area contributed by atoms with Crippen molar-refractivity contribution in [1.82, 2.24) is 14.9 Å². The Balaban J connectivity index is 2.01. The quantitative estimate of drug-likeness (QED) is 0.611. The molecule has 158 valence electrons. The highest BCUT2D eigenvalue weighted by Crippen LogP contribution is 2.23. The molecule has 1 aromatic carbocycles. The van der Waals surface area contributed by atoms with E-state index in [0.717, 1.165) is 16.5 Å². The van der Waals surface area contributed by atoms with E-state index < -0.39 is 11.6 Å². The van der Waals surface area contributed by atoms with Crippen molar-refractivity contribution in [2.75, 3.05) is 13.7 Å². The van der Waals surface area contributed by atoms with Crippen molar-refractivity contribution in [2.24, 2.45) is 0 Å². The van der Waals surface area contributed by atoms with E-state index in [-0.39, 0.29) is 18.2 Å². The molecule has 0 bridgehead atoms. The first kappa shape index (κ1) is 21.5. The summed E-state index contributed by atoms with van der Waals surface area (Å²) in [7, 11) is 1.52. The number of aromatic nitrogens is 2. The molecule has 0 radical (unpaired) electrons. The molecule has 3 rings (SSSR count). The van der Waals surface area contributed by atoms with Crippen molar-refractivity contribution in [2.45, 2.75) is 39.3 Å². The number of benzene rings is 1. The lowest BCUT2D eigenvalue weighted by Gasteiger charge is -2.20. The molecule has 0 unspecified atom stereocenters. The summed E-state index contributed by atoms with van der Waals surface area (Å²) in [5.41, 5.74) is 2.44. The van der Waals surface area contributed by atoms with Crippen LogP contribution < -0.4 is 5.32 Å². The predicted molar refractivity (Wildman–Crippen MR) is 115 cm³/mol. The summed E-state index contributed by atoms with van der Waals surface area (Å²) in [6.45, 7) is 5.96. The lowest BCUT2D eigenvalue weighted by molar-refractivity contribution is 0.00692. The number of esters is 1. The van der Waals surface area contributed by atoms with Crippen molar-refractivity contribution >= 4 is 22.8 Å². The number of pyridine rings is 1. The highest BCUT2D eigenvalue weighted by Gasteiger charge is 2.21. The minimum absolute atomic E-state index is 0.0585. The van der Waals surface area contributed by atoms with Gasteiger partial charge in [0.2, 0.25) is 0 Å². The molecule has 2 heterocycles. The second kappa shape index (κ2) is 8.67. The Morgan fingerprint density at radius 3 is 2.63 bits per heavy atom. The maximum Gasteiger partial charge on any atom is 0.338 e. The molecule has 0 saturated carbocycles. The summed E-state index contributed by atoms with van der Waals surface area (Å²) in [6.07, 6.45) is 2.38. The Kier molecular flexibility index (Phi) is 6.22. The monoisotopic (exact) mass is 409 g/mol. The second-order valence-corrected chi connectivity index (χ2v) is 8.07. The molecule has 2 N–H and O–H groups in total. The van der Waals surface area contributed by atoms with Gasteiger partial charge in [-0.15, -0.1) is 0 Å². The Bertz CT molecular complexity index is 1080. The topological polar surface area (TPSA) is 93.5 Å². The third-order valence-electron chi connectivity index (χ3n) is 4.59. The fourth-order valence-corrected chi connectivity index (χ4v) is 3.32. The Morgan fingerprint density at radius 2 is 1.97 bits per heavy atom. The largest absolute Gasteiger partial charge is 0.456 e. The number of carbonyl (C=O) groups excluding carboxylic acids is 2. The molecule has 7 nitrogen and oxygen atoms in total. The molecule has 0 aliphatic heterocycles. The number of aliphatic hydroxyl groups excluding tert-OH is 1. The number of carbonyl (C=O) groups is 2. The van der Waals surface area contributed by atoms with Crippen LogP contribution >= 0.6 is 0 Å². The SMILES string of the molecule is CNC(=O)c1cc(C(=O)OC(C)(C)C)cc(Cc2cccc3c2ccn3CCO)n1. The van der Waals surface area contributed by atoms with E-state index in [0.29, 0.717) is 24.2 Å². The summed E-state index contributed by atoms with van der Waals surface area (Å²) in [5, 5.41) is 12.9. The van der Waals surface area contributed by atoms with Crippen molar-refractivity contribution < 1.29 is 19.4 Å². The summed E-state index contributed by atoms with van der Waals surface area (Å²) in [4.78, 5) is 29.3. The van der Waals surface area contributed by atoms with E-state index in [1.165, 1.54) is 13.1 Å². The highest BCUT2D eigenvalue weighted by molar-refractivity contribution is 5.96. The van der Waals surface area contributed by atoms with Crippen LogP contribution in [0.5, 0.6) is 0 Å². The number of amides is 1. The number of rotatable bonds is 6. The molecule has 0 fully saturated rings. The van der Waals surface area contributed by atoms with Crippen molar-refractivity contribution in [3.05, 3.63) is 65.1 Å². The number of nitrogens with one attached hydrogen (secondary N) is 1. The van der Waals surface area contributed by atoms with Crippen LogP contribution in [-0.4, -0.2) is 45.8 Å². The van der Waals surface area contributed by atoms with Crippen LogP contribution in [0.2, 0.25) is 0 Å². The van der Waals surface area contributed by atoms with Crippen molar-refractivity contribution in [3.8, 4) is 0 Å².